The van der Waals surface area contributed by atoms with E-state index in [1.54, 1.807) is 24.3 Å². The van der Waals surface area contributed by atoms with Crippen LogP contribution >= 0.6 is 0 Å². The Kier molecular flexibility index (Phi) is 4.11. The number of rotatable bonds is 3. The molecule has 0 fully saturated rings. The van der Waals surface area contributed by atoms with Crippen molar-refractivity contribution in [2.75, 3.05) is 11.1 Å². The number of carbonyl (C=O) groups is 1. The van der Waals surface area contributed by atoms with Gasteiger partial charge in [0.2, 0.25) is 0 Å². The zero-order chi connectivity index (χ0) is 16.2. The Morgan fingerprint density at radius 2 is 1.30 bits per heavy atom. The van der Waals surface area contributed by atoms with Crippen LogP contribution in [0.5, 0.6) is 0 Å². The van der Waals surface area contributed by atoms with Gasteiger partial charge in [-0.3, -0.25) is 4.79 Å². The molecule has 0 radical (unpaired) electrons. The van der Waals surface area contributed by atoms with Crippen LogP contribution in [-0.2, 0) is 0 Å². The summed E-state index contributed by atoms with van der Waals surface area (Å²) < 4.78 is 0. The lowest BCUT2D eigenvalue weighted by atomic mass is 10.0. The number of nitrogen functional groups attached to an aromatic ring is 1. The van der Waals surface area contributed by atoms with Crippen molar-refractivity contribution in [2.45, 2.75) is 6.92 Å². The van der Waals surface area contributed by atoms with E-state index in [4.69, 9.17) is 5.73 Å². The Morgan fingerprint density at radius 1 is 0.783 bits per heavy atom. The van der Waals surface area contributed by atoms with Gasteiger partial charge in [-0.2, -0.15) is 0 Å². The molecule has 0 bridgehead atoms. The Balaban J connectivity index is 1.73. The summed E-state index contributed by atoms with van der Waals surface area (Å²) in [5.74, 6) is -0.145. The number of amides is 1. The second kappa shape index (κ2) is 6.36. The monoisotopic (exact) mass is 302 g/mol. The molecule has 3 nitrogen and oxygen atoms in total. The van der Waals surface area contributed by atoms with Crippen LogP contribution in [-0.4, -0.2) is 5.91 Å². The van der Waals surface area contributed by atoms with Gasteiger partial charge < -0.3 is 11.1 Å². The molecular weight excluding hydrogens is 284 g/mol. The van der Waals surface area contributed by atoms with Gasteiger partial charge in [-0.15, -0.1) is 0 Å². The largest absolute Gasteiger partial charge is 0.399 e. The summed E-state index contributed by atoms with van der Waals surface area (Å²) in [4.78, 5) is 12.2. The first kappa shape index (κ1) is 14.9. The van der Waals surface area contributed by atoms with Crippen molar-refractivity contribution < 1.29 is 4.79 Å². The highest BCUT2D eigenvalue weighted by atomic mass is 16.1. The van der Waals surface area contributed by atoms with Gasteiger partial charge in [-0.1, -0.05) is 42.0 Å². The number of anilines is 2. The van der Waals surface area contributed by atoms with Gasteiger partial charge in [0.25, 0.3) is 5.91 Å². The van der Waals surface area contributed by atoms with Crippen molar-refractivity contribution in [3.63, 3.8) is 0 Å². The molecule has 0 saturated heterocycles. The highest BCUT2D eigenvalue weighted by Gasteiger charge is 2.06. The number of nitrogens with two attached hydrogens (primary N) is 1. The van der Waals surface area contributed by atoms with Crippen molar-refractivity contribution >= 4 is 17.3 Å². The molecule has 1 amide bonds. The molecule has 0 aliphatic rings. The topological polar surface area (TPSA) is 55.1 Å². The third-order valence-corrected chi connectivity index (χ3v) is 3.70. The molecule has 3 rings (SSSR count). The van der Waals surface area contributed by atoms with Crippen molar-refractivity contribution in [1.29, 1.82) is 0 Å². The average molecular weight is 302 g/mol. The van der Waals surface area contributed by atoms with Gasteiger partial charge in [0, 0.05) is 16.9 Å². The van der Waals surface area contributed by atoms with Crippen molar-refractivity contribution in [3.05, 3.63) is 83.9 Å². The Hall–Kier alpha value is -3.07. The van der Waals surface area contributed by atoms with Crippen LogP contribution in [0, 0.1) is 6.92 Å². The second-order valence-corrected chi connectivity index (χ2v) is 5.52. The van der Waals surface area contributed by atoms with E-state index < -0.39 is 0 Å². The fourth-order valence-electron chi connectivity index (χ4n) is 2.33. The van der Waals surface area contributed by atoms with E-state index in [9.17, 15) is 4.79 Å². The van der Waals surface area contributed by atoms with Crippen LogP contribution in [0.1, 0.15) is 15.9 Å². The predicted octanol–water partition coefficient (Wildman–Crippen LogP) is 4.50. The van der Waals surface area contributed by atoms with Gasteiger partial charge in [-0.05, 0) is 54.4 Å². The fraction of sp³-hybridized carbons (Fsp3) is 0.0500. The molecule has 0 aliphatic heterocycles. The standard InChI is InChI=1S/C20H18N2O/c1-14-2-4-15(5-3-14)16-8-12-19(13-9-16)22-20(23)17-6-10-18(21)11-7-17/h2-13H,21H2,1H3,(H,22,23). The van der Waals surface area contributed by atoms with Crippen molar-refractivity contribution in [1.82, 2.24) is 0 Å². The van der Waals surface area contributed by atoms with E-state index in [2.05, 4.69) is 36.5 Å². The first-order valence-corrected chi connectivity index (χ1v) is 7.46. The maximum Gasteiger partial charge on any atom is 0.255 e. The van der Waals surface area contributed by atoms with Crippen molar-refractivity contribution in [2.24, 2.45) is 0 Å². The molecule has 3 N–H and O–H groups in total. The molecule has 0 saturated carbocycles. The van der Waals surface area contributed by atoms with Gasteiger partial charge in [0.1, 0.15) is 0 Å². The minimum Gasteiger partial charge on any atom is -0.399 e. The minimum atomic E-state index is -0.145. The fourth-order valence-corrected chi connectivity index (χ4v) is 2.33. The molecular formula is C20H18N2O. The third kappa shape index (κ3) is 3.58. The van der Waals surface area contributed by atoms with Crippen LogP contribution in [0.25, 0.3) is 11.1 Å². The zero-order valence-electron chi connectivity index (χ0n) is 12.9. The zero-order valence-corrected chi connectivity index (χ0v) is 12.9. The molecule has 3 aromatic carbocycles. The van der Waals surface area contributed by atoms with Gasteiger partial charge in [0.15, 0.2) is 0 Å². The maximum atomic E-state index is 12.2. The summed E-state index contributed by atoms with van der Waals surface area (Å²) >= 11 is 0. The summed E-state index contributed by atoms with van der Waals surface area (Å²) in [6.07, 6.45) is 0. The number of hydrogen-bond acceptors (Lipinski definition) is 2. The van der Waals surface area contributed by atoms with Crippen LogP contribution in [0.2, 0.25) is 0 Å². The van der Waals surface area contributed by atoms with Crippen molar-refractivity contribution in [3.8, 4) is 11.1 Å². The van der Waals surface area contributed by atoms with E-state index in [0.717, 1.165) is 16.8 Å². The number of aryl methyl sites for hydroxylation is 1. The summed E-state index contributed by atoms with van der Waals surface area (Å²) in [5, 5.41) is 2.89. The Bertz CT molecular complexity index is 804. The first-order valence-electron chi connectivity index (χ1n) is 7.46. The molecule has 0 aromatic heterocycles. The molecule has 0 heterocycles. The van der Waals surface area contributed by atoms with E-state index in [1.807, 2.05) is 24.3 Å². The quantitative estimate of drug-likeness (QED) is 0.700. The van der Waals surface area contributed by atoms with Crippen LogP contribution in [0.3, 0.4) is 0 Å². The van der Waals surface area contributed by atoms with E-state index in [-0.39, 0.29) is 5.91 Å². The minimum absolute atomic E-state index is 0.145. The van der Waals surface area contributed by atoms with Gasteiger partial charge >= 0.3 is 0 Å². The van der Waals surface area contributed by atoms with E-state index in [0.29, 0.717) is 11.3 Å². The number of benzene rings is 3. The first-order chi connectivity index (χ1) is 11.1. The lowest BCUT2D eigenvalue weighted by Crippen LogP contribution is -2.11. The highest BCUT2D eigenvalue weighted by Crippen LogP contribution is 2.22. The van der Waals surface area contributed by atoms with Crippen LogP contribution in [0.4, 0.5) is 11.4 Å². The number of nitrogens with one attached hydrogen (secondary N) is 1. The third-order valence-electron chi connectivity index (χ3n) is 3.70. The molecule has 0 spiro atoms. The average Bonchev–Trinajstić information content (AvgIpc) is 2.57. The number of hydrogen-bond donors (Lipinski definition) is 2. The SMILES string of the molecule is Cc1ccc(-c2ccc(NC(=O)c3ccc(N)cc3)cc2)cc1. The smallest absolute Gasteiger partial charge is 0.255 e. The molecule has 0 aliphatic carbocycles. The van der Waals surface area contributed by atoms with Crippen LogP contribution in [0.15, 0.2) is 72.8 Å². The lowest BCUT2D eigenvalue weighted by Gasteiger charge is -2.07. The number of carbonyl (C=O) groups excluding carboxylic acids is 1. The van der Waals surface area contributed by atoms with Gasteiger partial charge in [0.05, 0.1) is 0 Å². The van der Waals surface area contributed by atoms with Gasteiger partial charge in [-0.25, -0.2) is 0 Å². The summed E-state index contributed by atoms with van der Waals surface area (Å²) in [6.45, 7) is 2.07. The van der Waals surface area contributed by atoms with E-state index in [1.165, 1.54) is 5.56 Å². The molecule has 3 aromatic rings. The summed E-state index contributed by atoms with van der Waals surface area (Å²) in [7, 11) is 0. The lowest BCUT2D eigenvalue weighted by molar-refractivity contribution is 0.102. The predicted molar refractivity (Wildman–Crippen MR) is 95.4 cm³/mol. The molecule has 0 atom stereocenters. The van der Waals surface area contributed by atoms with Crippen LogP contribution < -0.4 is 11.1 Å². The molecule has 0 unspecified atom stereocenters. The Morgan fingerprint density at radius 3 is 1.87 bits per heavy atom. The molecule has 114 valence electrons. The van der Waals surface area contributed by atoms with E-state index >= 15 is 0 Å². The normalized spacial score (nSPS) is 10.3. The summed E-state index contributed by atoms with van der Waals surface area (Å²) in [5.41, 5.74) is 11.1. The summed E-state index contributed by atoms with van der Waals surface area (Å²) in [6, 6.07) is 23.1. The Labute approximate surface area is 135 Å². The molecule has 3 heteroatoms. The second-order valence-electron chi connectivity index (χ2n) is 5.52. The molecule has 23 heavy (non-hydrogen) atoms. The highest BCUT2D eigenvalue weighted by molar-refractivity contribution is 6.04. The maximum absolute atomic E-state index is 12.2.